The normalized spacial score (nSPS) is 10.8. The number of nitrogens with zero attached hydrogens (tertiary/aromatic N) is 3. The average molecular weight is 297 g/mol. The van der Waals surface area contributed by atoms with E-state index in [0.717, 1.165) is 11.8 Å². The van der Waals surface area contributed by atoms with Gasteiger partial charge in [-0.2, -0.15) is 0 Å². The lowest BCUT2D eigenvalue weighted by Crippen LogP contribution is -2.12. The highest BCUT2D eigenvalue weighted by atomic mass is 16.6. The number of rotatable bonds is 3. The summed E-state index contributed by atoms with van der Waals surface area (Å²) in [6.45, 7) is 13.2. The van der Waals surface area contributed by atoms with Crippen LogP contribution >= 0.6 is 0 Å². The first-order chi connectivity index (χ1) is 10.3. The molecule has 0 radical (unpaired) electrons. The summed E-state index contributed by atoms with van der Waals surface area (Å²) in [5.74, 6) is 0.855. The first-order valence-corrected chi connectivity index (χ1v) is 6.61. The molecule has 0 unspecified atom stereocenters. The lowest BCUT2D eigenvalue weighted by atomic mass is 9.86. The van der Waals surface area contributed by atoms with Crippen LogP contribution < -0.4 is 4.74 Å². The summed E-state index contributed by atoms with van der Waals surface area (Å²) in [7, 11) is 0. The Bertz CT molecular complexity index is 741. The molecule has 1 aromatic carbocycles. The van der Waals surface area contributed by atoms with Gasteiger partial charge in [-0.15, -0.1) is 0 Å². The van der Waals surface area contributed by atoms with Crippen LogP contribution in [0.2, 0.25) is 0 Å². The minimum atomic E-state index is -0.512. The average Bonchev–Trinajstić information content (AvgIpc) is 2.47. The van der Waals surface area contributed by atoms with E-state index in [2.05, 4.69) is 9.83 Å². The molecule has 0 atom stereocenters. The van der Waals surface area contributed by atoms with Crippen molar-refractivity contribution in [2.75, 3.05) is 0 Å². The summed E-state index contributed by atoms with van der Waals surface area (Å²) in [5, 5.41) is 10.6. The maximum absolute atomic E-state index is 10.6. The molecule has 0 spiro atoms. The first-order valence-electron chi connectivity index (χ1n) is 6.61. The maximum atomic E-state index is 10.6. The van der Waals surface area contributed by atoms with Crippen molar-refractivity contribution in [3.05, 3.63) is 63.6 Å². The van der Waals surface area contributed by atoms with Crippen LogP contribution in [0, 0.1) is 16.7 Å². The Hall–Kier alpha value is -2.94. The third-order valence-corrected chi connectivity index (χ3v) is 3.05. The molecule has 1 heterocycles. The third-order valence-electron chi connectivity index (χ3n) is 3.05. The van der Waals surface area contributed by atoms with Crippen LogP contribution in [0.25, 0.3) is 4.85 Å². The number of aromatic nitrogens is 1. The van der Waals surface area contributed by atoms with Gasteiger partial charge in [-0.1, -0.05) is 26.8 Å². The van der Waals surface area contributed by atoms with E-state index in [4.69, 9.17) is 11.3 Å². The summed E-state index contributed by atoms with van der Waals surface area (Å²) in [6.07, 6.45) is 1.15. The van der Waals surface area contributed by atoms with E-state index in [-0.39, 0.29) is 17.0 Å². The van der Waals surface area contributed by atoms with E-state index in [0.29, 0.717) is 11.4 Å². The van der Waals surface area contributed by atoms with Gasteiger partial charge in [0.2, 0.25) is 5.88 Å². The summed E-state index contributed by atoms with van der Waals surface area (Å²) < 4.78 is 5.73. The lowest BCUT2D eigenvalue weighted by molar-refractivity contribution is -0.385. The molecular weight excluding hydrogens is 282 g/mol. The Kier molecular flexibility index (Phi) is 4.08. The second kappa shape index (κ2) is 5.82. The Morgan fingerprint density at radius 1 is 1.27 bits per heavy atom. The van der Waals surface area contributed by atoms with Gasteiger partial charge in [0.25, 0.3) is 5.69 Å². The second-order valence-corrected chi connectivity index (χ2v) is 5.76. The van der Waals surface area contributed by atoms with Crippen molar-refractivity contribution in [3.8, 4) is 11.6 Å². The van der Waals surface area contributed by atoms with Gasteiger partial charge in [0, 0.05) is 12.1 Å². The zero-order valence-corrected chi connectivity index (χ0v) is 12.5. The fourth-order valence-electron chi connectivity index (χ4n) is 1.92. The molecule has 6 heteroatoms. The van der Waals surface area contributed by atoms with Crippen LogP contribution in [0.5, 0.6) is 11.6 Å². The van der Waals surface area contributed by atoms with E-state index in [9.17, 15) is 10.1 Å². The summed E-state index contributed by atoms with van der Waals surface area (Å²) in [6, 6.07) is 7.97. The molecule has 0 bridgehead atoms. The second-order valence-electron chi connectivity index (χ2n) is 5.76. The maximum Gasteiger partial charge on any atom is 0.287 e. The van der Waals surface area contributed by atoms with Crippen molar-refractivity contribution in [3.63, 3.8) is 0 Å². The van der Waals surface area contributed by atoms with Crippen molar-refractivity contribution >= 4 is 11.4 Å². The zero-order chi connectivity index (χ0) is 16.3. The highest BCUT2D eigenvalue weighted by Gasteiger charge is 2.20. The number of hydrogen-bond donors (Lipinski definition) is 0. The van der Waals surface area contributed by atoms with Crippen molar-refractivity contribution in [1.82, 2.24) is 4.98 Å². The molecule has 6 nitrogen and oxygen atoms in total. The van der Waals surface area contributed by atoms with E-state index < -0.39 is 4.92 Å². The van der Waals surface area contributed by atoms with Crippen molar-refractivity contribution in [2.45, 2.75) is 26.2 Å². The Balaban J connectivity index is 2.37. The van der Waals surface area contributed by atoms with Crippen LogP contribution in [-0.2, 0) is 5.41 Å². The van der Waals surface area contributed by atoms with Gasteiger partial charge < -0.3 is 4.74 Å². The zero-order valence-electron chi connectivity index (χ0n) is 12.5. The van der Waals surface area contributed by atoms with Crippen LogP contribution in [0.15, 0.2) is 36.5 Å². The van der Waals surface area contributed by atoms with Gasteiger partial charge >= 0.3 is 0 Å². The number of ether oxygens (including phenoxy) is 1. The molecule has 22 heavy (non-hydrogen) atoms. The molecule has 0 aliphatic carbocycles. The minimum absolute atomic E-state index is 0.0910. The molecule has 2 aromatic rings. The molecule has 2 rings (SSSR count). The minimum Gasteiger partial charge on any atom is -0.439 e. The Morgan fingerprint density at radius 3 is 2.50 bits per heavy atom. The molecule has 0 aliphatic rings. The SMILES string of the molecule is [C-]#[N+]c1ccc(Oc2ccc([N+](=O)[O-])cn2)c(C(C)(C)C)c1. The quantitative estimate of drug-likeness (QED) is 0.470. The highest BCUT2D eigenvalue weighted by Crippen LogP contribution is 2.36. The Morgan fingerprint density at radius 2 is 2.00 bits per heavy atom. The van der Waals surface area contributed by atoms with E-state index in [1.54, 1.807) is 18.2 Å². The molecule has 0 N–H and O–H groups in total. The standard InChI is InChI=1S/C16H15N3O3/c1-16(2,3)13-9-11(17-4)5-7-14(13)22-15-8-6-12(10-18-15)19(20)21/h5-10H,1-3H3. The molecular formula is C16H15N3O3. The van der Waals surface area contributed by atoms with Gasteiger partial charge in [0.05, 0.1) is 11.5 Å². The van der Waals surface area contributed by atoms with Gasteiger partial charge in [-0.25, -0.2) is 9.83 Å². The molecule has 0 aliphatic heterocycles. The number of benzene rings is 1. The third kappa shape index (κ3) is 3.38. The lowest BCUT2D eigenvalue weighted by Gasteiger charge is -2.22. The van der Waals surface area contributed by atoms with Crippen LogP contribution in [0.3, 0.4) is 0 Å². The monoisotopic (exact) mass is 297 g/mol. The fraction of sp³-hybridized carbons (Fsp3) is 0.250. The smallest absolute Gasteiger partial charge is 0.287 e. The Labute approximate surface area is 128 Å². The predicted molar refractivity (Wildman–Crippen MR) is 82.4 cm³/mol. The van der Waals surface area contributed by atoms with Gasteiger partial charge in [0.15, 0.2) is 5.69 Å². The molecule has 0 fully saturated rings. The summed E-state index contributed by atoms with van der Waals surface area (Å²) >= 11 is 0. The summed E-state index contributed by atoms with van der Waals surface area (Å²) in [4.78, 5) is 17.5. The molecule has 1 aromatic heterocycles. The predicted octanol–water partition coefficient (Wildman–Crippen LogP) is 4.63. The molecule has 112 valence electrons. The van der Waals surface area contributed by atoms with Gasteiger partial charge in [-0.3, -0.25) is 10.1 Å². The highest BCUT2D eigenvalue weighted by molar-refractivity contribution is 5.54. The van der Waals surface area contributed by atoms with Crippen molar-refractivity contribution in [1.29, 1.82) is 0 Å². The van der Waals surface area contributed by atoms with Crippen molar-refractivity contribution in [2.24, 2.45) is 0 Å². The van der Waals surface area contributed by atoms with Crippen molar-refractivity contribution < 1.29 is 9.66 Å². The topological polar surface area (TPSA) is 69.6 Å². The number of pyridine rings is 1. The van der Waals surface area contributed by atoms with E-state index in [1.807, 2.05) is 20.8 Å². The first kappa shape index (κ1) is 15.4. The molecule has 0 amide bonds. The van der Waals surface area contributed by atoms with E-state index in [1.165, 1.54) is 12.1 Å². The van der Waals surface area contributed by atoms with Gasteiger partial charge in [-0.05, 0) is 23.1 Å². The van der Waals surface area contributed by atoms with Crippen LogP contribution in [-0.4, -0.2) is 9.91 Å². The molecule has 0 saturated carbocycles. The largest absolute Gasteiger partial charge is 0.439 e. The number of nitro groups is 1. The number of hydrogen-bond acceptors (Lipinski definition) is 4. The van der Waals surface area contributed by atoms with Gasteiger partial charge in [0.1, 0.15) is 11.9 Å². The summed E-state index contributed by atoms with van der Waals surface area (Å²) in [5.41, 5.74) is 1.11. The van der Waals surface area contributed by atoms with Crippen LogP contribution in [0.4, 0.5) is 11.4 Å². The fourth-order valence-corrected chi connectivity index (χ4v) is 1.92. The van der Waals surface area contributed by atoms with E-state index >= 15 is 0 Å². The van der Waals surface area contributed by atoms with Crippen LogP contribution in [0.1, 0.15) is 26.3 Å². The molecule has 0 saturated heterocycles.